The van der Waals surface area contributed by atoms with Crippen LogP contribution in [0.5, 0.6) is 0 Å². The van der Waals surface area contributed by atoms with Gasteiger partial charge >= 0.3 is 0 Å². The summed E-state index contributed by atoms with van der Waals surface area (Å²) in [5, 5.41) is 9.71. The van der Waals surface area contributed by atoms with Gasteiger partial charge < -0.3 is 14.4 Å². The average Bonchev–Trinajstić information content (AvgIpc) is 2.85. The molecule has 3 nitrogen and oxygen atoms in total. The fourth-order valence-corrected chi connectivity index (χ4v) is 2.21. The first-order valence-electron chi connectivity index (χ1n) is 5.38. The van der Waals surface area contributed by atoms with Gasteiger partial charge in [0.1, 0.15) is 5.76 Å². The Labute approximate surface area is 94.6 Å². The van der Waals surface area contributed by atoms with E-state index in [1.54, 1.807) is 6.07 Å². The maximum atomic E-state index is 9.32. The number of rotatable bonds is 4. The zero-order valence-corrected chi connectivity index (χ0v) is 9.41. The van der Waals surface area contributed by atoms with Crippen LogP contribution >= 0.6 is 11.6 Å². The van der Waals surface area contributed by atoms with Crippen LogP contribution in [-0.4, -0.2) is 36.2 Å². The molecular weight excluding hydrogens is 214 g/mol. The summed E-state index contributed by atoms with van der Waals surface area (Å²) in [4.78, 5) is 2.36. The van der Waals surface area contributed by atoms with Crippen LogP contribution in [0, 0.1) is 0 Å². The maximum absolute atomic E-state index is 9.32. The van der Waals surface area contributed by atoms with Crippen molar-refractivity contribution >= 4 is 11.6 Å². The van der Waals surface area contributed by atoms with Gasteiger partial charge in [0.25, 0.3) is 0 Å². The molecule has 0 radical (unpaired) electrons. The predicted molar refractivity (Wildman–Crippen MR) is 59.2 cm³/mol. The quantitative estimate of drug-likeness (QED) is 0.859. The minimum Gasteiger partial charge on any atom is -0.449 e. The van der Waals surface area contributed by atoms with E-state index in [-0.39, 0.29) is 12.5 Å². The summed E-state index contributed by atoms with van der Waals surface area (Å²) in [7, 11) is 0. The average molecular weight is 230 g/mol. The first-order chi connectivity index (χ1) is 7.29. The van der Waals surface area contributed by atoms with Crippen LogP contribution in [0.3, 0.4) is 0 Å². The number of halogens is 1. The highest BCUT2D eigenvalue weighted by Crippen LogP contribution is 2.23. The van der Waals surface area contributed by atoms with Gasteiger partial charge in [-0.1, -0.05) is 0 Å². The number of aliphatic hydroxyl groups is 1. The summed E-state index contributed by atoms with van der Waals surface area (Å²) in [5.41, 5.74) is 0. The molecule has 84 valence electrons. The molecule has 1 N–H and O–H groups in total. The molecule has 1 aromatic heterocycles. The Morgan fingerprint density at radius 1 is 1.40 bits per heavy atom. The van der Waals surface area contributed by atoms with Crippen LogP contribution in [0.1, 0.15) is 24.5 Å². The van der Waals surface area contributed by atoms with Crippen LogP contribution in [0.25, 0.3) is 0 Å². The van der Waals surface area contributed by atoms with E-state index in [9.17, 15) is 5.11 Å². The van der Waals surface area contributed by atoms with Crippen molar-refractivity contribution in [2.24, 2.45) is 0 Å². The molecule has 1 atom stereocenters. The molecular formula is C11H16ClNO2. The molecule has 4 heteroatoms. The van der Waals surface area contributed by atoms with E-state index in [0.29, 0.717) is 5.22 Å². The van der Waals surface area contributed by atoms with E-state index in [2.05, 4.69) is 4.90 Å². The zero-order valence-electron chi connectivity index (χ0n) is 8.66. The van der Waals surface area contributed by atoms with Gasteiger partial charge in [0.15, 0.2) is 5.22 Å². The minimum absolute atomic E-state index is 0.0515. The molecule has 0 saturated carbocycles. The van der Waals surface area contributed by atoms with Gasteiger partial charge in [-0.3, -0.25) is 0 Å². The summed E-state index contributed by atoms with van der Waals surface area (Å²) in [5.74, 6) is 0.838. The van der Waals surface area contributed by atoms with Crippen molar-refractivity contribution in [1.29, 1.82) is 0 Å². The topological polar surface area (TPSA) is 36.6 Å². The molecule has 1 aliphatic rings. The third-order valence-corrected chi connectivity index (χ3v) is 3.10. The van der Waals surface area contributed by atoms with Crippen molar-refractivity contribution in [3.8, 4) is 0 Å². The number of nitrogens with zero attached hydrogens (tertiary/aromatic N) is 1. The molecule has 0 spiro atoms. The minimum atomic E-state index is 0.0515. The normalized spacial score (nSPS) is 19.6. The molecule has 0 bridgehead atoms. The van der Waals surface area contributed by atoms with Crippen LogP contribution in [0.2, 0.25) is 5.22 Å². The smallest absolute Gasteiger partial charge is 0.193 e. The van der Waals surface area contributed by atoms with Crippen molar-refractivity contribution in [1.82, 2.24) is 4.90 Å². The van der Waals surface area contributed by atoms with Gasteiger partial charge in [0, 0.05) is 6.54 Å². The molecule has 15 heavy (non-hydrogen) atoms. The predicted octanol–water partition coefficient (Wildman–Crippen LogP) is 2.10. The Bertz CT molecular complexity index is 307. The molecule has 0 amide bonds. The summed E-state index contributed by atoms with van der Waals surface area (Å²) >= 11 is 5.72. The Kier molecular flexibility index (Phi) is 3.67. The van der Waals surface area contributed by atoms with Crippen molar-refractivity contribution in [3.63, 3.8) is 0 Å². The highest BCUT2D eigenvalue weighted by Gasteiger charge is 2.20. The monoisotopic (exact) mass is 229 g/mol. The fourth-order valence-electron chi connectivity index (χ4n) is 2.06. The van der Waals surface area contributed by atoms with Crippen LogP contribution in [0.15, 0.2) is 16.5 Å². The molecule has 0 aliphatic carbocycles. The van der Waals surface area contributed by atoms with Gasteiger partial charge in [-0.15, -0.1) is 0 Å². The molecule has 2 heterocycles. The Morgan fingerprint density at radius 3 is 2.67 bits per heavy atom. The van der Waals surface area contributed by atoms with Crippen molar-refractivity contribution in [3.05, 3.63) is 23.1 Å². The summed E-state index contributed by atoms with van der Waals surface area (Å²) in [6, 6.07) is 3.57. The van der Waals surface area contributed by atoms with Gasteiger partial charge in [-0.2, -0.15) is 0 Å². The molecule has 1 fully saturated rings. The lowest BCUT2D eigenvalue weighted by atomic mass is 10.1. The zero-order chi connectivity index (χ0) is 10.7. The molecule has 2 rings (SSSR count). The Hall–Kier alpha value is -0.510. The Morgan fingerprint density at radius 2 is 2.13 bits per heavy atom. The largest absolute Gasteiger partial charge is 0.449 e. The maximum Gasteiger partial charge on any atom is 0.193 e. The van der Waals surface area contributed by atoms with Crippen LogP contribution in [-0.2, 0) is 0 Å². The van der Waals surface area contributed by atoms with Gasteiger partial charge in [0.2, 0.25) is 0 Å². The highest BCUT2D eigenvalue weighted by atomic mass is 35.5. The third kappa shape index (κ3) is 2.74. The van der Waals surface area contributed by atoms with Crippen molar-refractivity contribution < 1.29 is 9.52 Å². The summed E-state index contributed by atoms with van der Waals surface area (Å²) in [6.45, 7) is 3.23. The lowest BCUT2D eigenvalue weighted by molar-refractivity contribution is 0.205. The number of furan rings is 1. The summed E-state index contributed by atoms with van der Waals surface area (Å²) in [6.07, 6.45) is 2.52. The van der Waals surface area contributed by atoms with E-state index >= 15 is 0 Å². The lowest BCUT2D eigenvalue weighted by Crippen LogP contribution is -2.27. The second-order valence-electron chi connectivity index (χ2n) is 4.03. The standard InChI is InChI=1S/C11H16ClNO2/c12-11-4-3-10(15-11)9(8-14)7-13-5-1-2-6-13/h3-4,9,14H,1-2,5-8H2. The number of hydrogen-bond acceptors (Lipinski definition) is 3. The third-order valence-electron chi connectivity index (χ3n) is 2.89. The number of likely N-dealkylation sites (tertiary alicyclic amines) is 1. The molecule has 1 saturated heterocycles. The summed E-state index contributed by atoms with van der Waals surface area (Å²) < 4.78 is 5.33. The first-order valence-corrected chi connectivity index (χ1v) is 5.76. The second-order valence-corrected chi connectivity index (χ2v) is 4.40. The van der Waals surface area contributed by atoms with E-state index in [1.807, 2.05) is 6.07 Å². The van der Waals surface area contributed by atoms with E-state index < -0.39 is 0 Å². The van der Waals surface area contributed by atoms with Gasteiger partial charge in [0.05, 0.1) is 12.5 Å². The SMILES string of the molecule is OCC(CN1CCCC1)c1ccc(Cl)o1. The van der Waals surface area contributed by atoms with Crippen LogP contribution < -0.4 is 0 Å². The van der Waals surface area contributed by atoms with Gasteiger partial charge in [-0.25, -0.2) is 0 Å². The van der Waals surface area contributed by atoms with E-state index in [1.165, 1.54) is 12.8 Å². The molecule has 1 aliphatic heterocycles. The fraction of sp³-hybridized carbons (Fsp3) is 0.636. The number of hydrogen-bond donors (Lipinski definition) is 1. The van der Waals surface area contributed by atoms with Crippen LogP contribution in [0.4, 0.5) is 0 Å². The second kappa shape index (κ2) is 5.01. The van der Waals surface area contributed by atoms with Crippen molar-refractivity contribution in [2.75, 3.05) is 26.2 Å². The molecule has 0 aromatic carbocycles. The molecule has 1 aromatic rings. The van der Waals surface area contributed by atoms with E-state index in [0.717, 1.165) is 25.4 Å². The first kappa shape index (κ1) is 11.0. The Balaban J connectivity index is 1.97. The van der Waals surface area contributed by atoms with E-state index in [4.69, 9.17) is 16.0 Å². The van der Waals surface area contributed by atoms with Crippen molar-refractivity contribution in [2.45, 2.75) is 18.8 Å². The highest BCUT2D eigenvalue weighted by molar-refractivity contribution is 6.28. The molecule has 1 unspecified atom stereocenters. The van der Waals surface area contributed by atoms with Gasteiger partial charge in [-0.05, 0) is 49.7 Å². The number of aliphatic hydroxyl groups excluding tert-OH is 1. The lowest BCUT2D eigenvalue weighted by Gasteiger charge is -2.19.